The zero-order valence-corrected chi connectivity index (χ0v) is 20.8. The number of rotatable bonds is 7. The van der Waals surface area contributed by atoms with Crippen molar-refractivity contribution >= 4 is 29.3 Å². The summed E-state index contributed by atoms with van der Waals surface area (Å²) >= 11 is 0. The van der Waals surface area contributed by atoms with Crippen molar-refractivity contribution in [2.45, 2.75) is 38.0 Å². The number of halogens is 2. The van der Waals surface area contributed by atoms with Crippen molar-refractivity contribution in [3.05, 3.63) is 41.6 Å². The molecule has 5 rings (SSSR count). The van der Waals surface area contributed by atoms with Crippen molar-refractivity contribution < 1.29 is 13.5 Å². The Morgan fingerprint density at radius 3 is 2.64 bits per heavy atom. The highest BCUT2D eigenvalue weighted by Gasteiger charge is 2.31. The molecule has 2 aliphatic rings. The molecule has 2 aromatic heterocycles. The van der Waals surface area contributed by atoms with Crippen LogP contribution in [0.1, 0.15) is 19.8 Å². The number of hydrogen-bond donors (Lipinski definition) is 2. The molecule has 2 atom stereocenters. The first-order valence-electron chi connectivity index (χ1n) is 12.0. The summed E-state index contributed by atoms with van der Waals surface area (Å²) in [7, 11) is 5.55. The molecule has 1 aliphatic heterocycles. The standard InChI is InChI=1S/C25H30F2N8O/c1-14-12-35(13-20(36-14)15(10-28)11-29-17-6-7-17)24-30-21(18-8-5-16(26)9-19(18)27)22-23(31-24)32-25(33(2)3)34(22)4/h5,8-11,14,17,20,28-29H,6-7,12-13H2,1-4H3/b15-11+,28-10?/t14-,20-/m1/s1. The van der Waals surface area contributed by atoms with Gasteiger partial charge in [0, 0.05) is 63.3 Å². The minimum Gasteiger partial charge on any atom is -0.388 e. The molecule has 11 heteroatoms. The number of imidazole rings is 1. The first-order chi connectivity index (χ1) is 17.2. The summed E-state index contributed by atoms with van der Waals surface area (Å²) in [5, 5.41) is 11.2. The lowest BCUT2D eigenvalue weighted by Crippen LogP contribution is -2.48. The fourth-order valence-corrected chi connectivity index (χ4v) is 4.49. The van der Waals surface area contributed by atoms with Gasteiger partial charge < -0.3 is 29.8 Å². The summed E-state index contributed by atoms with van der Waals surface area (Å²) in [5.41, 5.74) is 2.21. The SMILES string of the molecule is C[C@@H]1CN(c2nc(-c3ccc(F)cc3F)c3c(n2)nc(N(C)C)n3C)C[C@H](/C(C=N)=C/NC2CC2)O1. The average Bonchev–Trinajstić information content (AvgIpc) is 3.60. The van der Waals surface area contributed by atoms with E-state index in [1.54, 1.807) is 4.57 Å². The summed E-state index contributed by atoms with van der Waals surface area (Å²) in [5.74, 6) is -0.351. The summed E-state index contributed by atoms with van der Waals surface area (Å²) in [6.07, 6.45) is 4.92. The number of aromatic nitrogens is 4. The quantitative estimate of drug-likeness (QED) is 0.485. The van der Waals surface area contributed by atoms with Gasteiger partial charge in [0.15, 0.2) is 5.65 Å². The second-order valence-corrected chi connectivity index (χ2v) is 9.60. The number of benzene rings is 1. The molecule has 1 saturated carbocycles. The van der Waals surface area contributed by atoms with Gasteiger partial charge >= 0.3 is 0 Å². The maximum atomic E-state index is 15.0. The van der Waals surface area contributed by atoms with Crippen molar-refractivity contribution in [2.75, 3.05) is 37.0 Å². The zero-order valence-electron chi connectivity index (χ0n) is 20.8. The van der Waals surface area contributed by atoms with E-state index >= 15 is 0 Å². The highest BCUT2D eigenvalue weighted by Crippen LogP contribution is 2.33. The Morgan fingerprint density at radius 1 is 1.19 bits per heavy atom. The molecule has 3 aromatic rings. The second-order valence-electron chi connectivity index (χ2n) is 9.60. The van der Waals surface area contributed by atoms with Gasteiger partial charge in [0.1, 0.15) is 28.9 Å². The van der Waals surface area contributed by atoms with E-state index in [1.165, 1.54) is 18.3 Å². The fourth-order valence-electron chi connectivity index (χ4n) is 4.49. The summed E-state index contributed by atoms with van der Waals surface area (Å²) in [6.45, 7) is 2.89. The van der Waals surface area contributed by atoms with Gasteiger partial charge in [0.05, 0.1) is 12.6 Å². The largest absolute Gasteiger partial charge is 0.388 e. The van der Waals surface area contributed by atoms with Crippen molar-refractivity contribution in [3.63, 3.8) is 0 Å². The van der Waals surface area contributed by atoms with Crippen LogP contribution in [0.4, 0.5) is 20.7 Å². The van der Waals surface area contributed by atoms with Gasteiger partial charge in [0.2, 0.25) is 11.9 Å². The Bertz CT molecular complexity index is 1330. The van der Waals surface area contributed by atoms with E-state index in [1.807, 2.05) is 44.1 Å². The molecule has 1 saturated heterocycles. The van der Waals surface area contributed by atoms with Crippen LogP contribution in [0.25, 0.3) is 22.4 Å². The van der Waals surface area contributed by atoms with E-state index in [2.05, 4.69) is 10.3 Å². The molecule has 1 aromatic carbocycles. The molecule has 0 radical (unpaired) electrons. The average molecular weight is 497 g/mol. The van der Waals surface area contributed by atoms with Crippen LogP contribution >= 0.6 is 0 Å². The predicted octanol–water partition coefficient (Wildman–Crippen LogP) is 3.25. The zero-order chi connectivity index (χ0) is 25.6. The Balaban J connectivity index is 1.59. The molecule has 36 heavy (non-hydrogen) atoms. The lowest BCUT2D eigenvalue weighted by molar-refractivity contribution is 0.00652. The molecule has 2 fully saturated rings. The van der Waals surface area contributed by atoms with Crippen LogP contribution in [0, 0.1) is 17.0 Å². The number of fused-ring (bicyclic) bond motifs is 1. The molecule has 9 nitrogen and oxygen atoms in total. The van der Waals surface area contributed by atoms with E-state index in [0.29, 0.717) is 47.9 Å². The topological polar surface area (TPSA) is 95.2 Å². The molecular weight excluding hydrogens is 466 g/mol. The van der Waals surface area contributed by atoms with Gasteiger partial charge in [-0.3, -0.25) is 0 Å². The Kier molecular flexibility index (Phi) is 6.33. The third-order valence-corrected chi connectivity index (χ3v) is 6.43. The van der Waals surface area contributed by atoms with E-state index in [4.69, 9.17) is 20.1 Å². The van der Waals surface area contributed by atoms with E-state index in [-0.39, 0.29) is 17.8 Å². The summed E-state index contributed by atoms with van der Waals surface area (Å²) < 4.78 is 36.6. The minimum absolute atomic E-state index is 0.153. The highest BCUT2D eigenvalue weighted by atomic mass is 19.1. The van der Waals surface area contributed by atoms with Gasteiger partial charge in [-0.1, -0.05) is 0 Å². The normalized spacial score (nSPS) is 20.6. The lowest BCUT2D eigenvalue weighted by atomic mass is 10.1. The summed E-state index contributed by atoms with van der Waals surface area (Å²) in [6, 6.07) is 3.93. The van der Waals surface area contributed by atoms with Gasteiger partial charge in [-0.15, -0.1) is 0 Å². The van der Waals surface area contributed by atoms with E-state index in [0.717, 1.165) is 24.5 Å². The Hall–Kier alpha value is -3.60. The number of nitrogens with zero attached hydrogens (tertiary/aromatic N) is 6. The number of ether oxygens (including phenoxy) is 1. The first-order valence-corrected chi connectivity index (χ1v) is 12.0. The van der Waals surface area contributed by atoms with Crippen LogP contribution in [0.2, 0.25) is 0 Å². The Labute approximate surface area is 208 Å². The molecule has 0 spiro atoms. The number of morpholine rings is 1. The number of hydrogen-bond acceptors (Lipinski definition) is 8. The lowest BCUT2D eigenvalue weighted by Gasteiger charge is -2.37. The van der Waals surface area contributed by atoms with Crippen molar-refractivity contribution in [1.82, 2.24) is 24.8 Å². The van der Waals surface area contributed by atoms with Gasteiger partial charge in [0.25, 0.3) is 0 Å². The van der Waals surface area contributed by atoms with Crippen LogP contribution in [0.15, 0.2) is 30.0 Å². The maximum Gasteiger partial charge on any atom is 0.228 e. The van der Waals surface area contributed by atoms with E-state index in [9.17, 15) is 8.78 Å². The molecule has 0 unspecified atom stereocenters. The predicted molar refractivity (Wildman–Crippen MR) is 136 cm³/mol. The molecule has 0 bridgehead atoms. The smallest absolute Gasteiger partial charge is 0.228 e. The van der Waals surface area contributed by atoms with Gasteiger partial charge in [-0.2, -0.15) is 9.97 Å². The number of nitrogens with one attached hydrogen (secondary N) is 2. The van der Waals surface area contributed by atoms with Gasteiger partial charge in [-0.25, -0.2) is 13.8 Å². The van der Waals surface area contributed by atoms with Crippen LogP contribution in [0.3, 0.4) is 0 Å². The molecule has 1 aliphatic carbocycles. The monoisotopic (exact) mass is 496 g/mol. The maximum absolute atomic E-state index is 15.0. The first kappa shape index (κ1) is 24.1. The van der Waals surface area contributed by atoms with Crippen molar-refractivity contribution in [1.29, 1.82) is 5.41 Å². The third kappa shape index (κ3) is 4.62. The number of aryl methyl sites for hydroxylation is 1. The van der Waals surface area contributed by atoms with Crippen molar-refractivity contribution in [3.8, 4) is 11.3 Å². The highest BCUT2D eigenvalue weighted by molar-refractivity contribution is 5.90. The fraction of sp³-hybridized carbons (Fsp3) is 0.440. The molecule has 3 heterocycles. The second kappa shape index (κ2) is 9.45. The van der Waals surface area contributed by atoms with Crippen molar-refractivity contribution in [2.24, 2.45) is 7.05 Å². The van der Waals surface area contributed by atoms with Crippen LogP contribution < -0.4 is 15.1 Å². The van der Waals surface area contributed by atoms with E-state index < -0.39 is 11.6 Å². The van der Waals surface area contributed by atoms with Gasteiger partial charge in [-0.05, 0) is 31.9 Å². The molecular formula is C25H30F2N8O. The molecule has 0 amide bonds. The molecule has 2 N–H and O–H groups in total. The Morgan fingerprint density at radius 2 is 1.97 bits per heavy atom. The summed E-state index contributed by atoms with van der Waals surface area (Å²) in [4.78, 5) is 18.0. The van der Waals surface area contributed by atoms with Crippen LogP contribution in [-0.2, 0) is 11.8 Å². The van der Waals surface area contributed by atoms with Crippen LogP contribution in [-0.4, -0.2) is 71.2 Å². The minimum atomic E-state index is -0.707. The molecule has 190 valence electrons. The third-order valence-electron chi connectivity index (χ3n) is 6.43. The van der Waals surface area contributed by atoms with Crippen LogP contribution in [0.5, 0.6) is 0 Å². The number of anilines is 2.